The molecule has 4 aromatic carbocycles. The zero-order valence-corrected chi connectivity index (χ0v) is 45.7. The number of phenolic OH excluding ortho intramolecular Hbond substituents is 1. The molecule has 8 aromatic rings. The number of carbonyl (C=O) groups excluding carboxylic acids is 1. The number of nitrogens with zero attached hydrogens (tertiary/aromatic N) is 10. The molecule has 4 fully saturated rings. The van der Waals surface area contributed by atoms with E-state index >= 15 is 0 Å². The van der Waals surface area contributed by atoms with Crippen molar-refractivity contribution in [2.24, 2.45) is 18.9 Å². The van der Waals surface area contributed by atoms with Crippen molar-refractivity contribution in [3.05, 3.63) is 144 Å². The molecule has 18 heteroatoms. The number of carbonyl (C=O) groups is 2. The Morgan fingerprint density at radius 1 is 0.650 bits per heavy atom. The smallest absolute Gasteiger partial charge is 0.341 e. The second-order valence-corrected chi connectivity index (χ2v) is 22.3. The van der Waals surface area contributed by atoms with E-state index in [0.717, 1.165) is 84.3 Å². The maximum Gasteiger partial charge on any atom is 0.341 e. The van der Waals surface area contributed by atoms with Gasteiger partial charge in [0.15, 0.2) is 0 Å². The summed E-state index contributed by atoms with van der Waals surface area (Å²) >= 11 is 0. The molecule has 0 aliphatic heterocycles. The Morgan fingerprint density at radius 3 is 1.84 bits per heavy atom. The fourth-order valence-corrected chi connectivity index (χ4v) is 12.5. The molecule has 4 saturated carbocycles. The predicted octanol–water partition coefficient (Wildman–Crippen LogP) is 11.6. The lowest BCUT2D eigenvalue weighted by Crippen LogP contribution is -2.34. The van der Waals surface area contributed by atoms with Crippen molar-refractivity contribution < 1.29 is 38.7 Å². The number of carboxylic acid groups (broad SMARTS) is 1. The van der Waals surface area contributed by atoms with E-state index in [9.17, 15) is 19.8 Å². The zero-order valence-electron chi connectivity index (χ0n) is 45.7. The van der Waals surface area contributed by atoms with Crippen LogP contribution in [-0.4, -0.2) is 97.6 Å². The van der Waals surface area contributed by atoms with Crippen LogP contribution in [0.3, 0.4) is 0 Å². The highest BCUT2D eigenvalue weighted by molar-refractivity contribution is 5.91. The van der Waals surface area contributed by atoms with Crippen LogP contribution in [0.1, 0.15) is 158 Å². The zero-order chi connectivity index (χ0) is 55.0. The molecule has 2 N–H and O–H groups in total. The van der Waals surface area contributed by atoms with E-state index in [4.69, 9.17) is 24.0 Å². The first-order valence-electron chi connectivity index (χ1n) is 28.4. The molecule has 18 nitrogen and oxygen atoms in total. The van der Waals surface area contributed by atoms with E-state index in [0.29, 0.717) is 52.3 Å². The summed E-state index contributed by atoms with van der Waals surface area (Å²) in [5.74, 6) is 0.938. The second-order valence-electron chi connectivity index (χ2n) is 22.3. The number of rotatable bonds is 20. The third kappa shape index (κ3) is 11.0. The predicted molar refractivity (Wildman–Crippen MR) is 298 cm³/mol. The lowest BCUT2D eigenvalue weighted by molar-refractivity contribution is 0.0116. The molecule has 0 bridgehead atoms. The number of benzene rings is 4. The van der Waals surface area contributed by atoms with Crippen LogP contribution < -0.4 is 14.2 Å². The lowest BCUT2D eigenvalue weighted by Gasteiger charge is -2.30. The Balaban J connectivity index is 0.809. The van der Waals surface area contributed by atoms with Crippen molar-refractivity contribution in [1.82, 2.24) is 49.5 Å². The van der Waals surface area contributed by atoms with Crippen LogP contribution in [0.2, 0.25) is 0 Å². The first-order valence-corrected chi connectivity index (χ1v) is 28.4. The standard InChI is InChI=1S/C62H68N10O8/c1-5-70-35-57(66-68-70)51-31-52(51)59-54(61(74)75)32-63-72(59)45-23-43(27-49(29-45)77-4)41-19-13-21-48(26-41)80-58(39-16-10-7-11-17-39)36-78-62(76)55-33-64-71(60(55)53-30-50(53)56-34-69(3)67-65-56)44-22-42(24-46(73)28-44)40-18-12-20-47(25-40)79-37(2)38-14-8-6-9-15-38/h12-13,18-29,32-35,37-39,50-53,58,73H,5-11,14-17,30-31,36H2,1-4H3,(H,74,75)/t37?,50-,51-,52-,53-,58?/m0/s1. The fourth-order valence-electron chi connectivity index (χ4n) is 12.5. The largest absolute Gasteiger partial charge is 0.508 e. The van der Waals surface area contributed by atoms with Gasteiger partial charge in [0.05, 0.1) is 59.8 Å². The van der Waals surface area contributed by atoms with Gasteiger partial charge in [-0.1, -0.05) is 73.2 Å². The summed E-state index contributed by atoms with van der Waals surface area (Å²) in [6.07, 6.45) is 19.2. The van der Waals surface area contributed by atoms with Crippen LogP contribution in [0.5, 0.6) is 23.0 Å². The summed E-state index contributed by atoms with van der Waals surface area (Å²) in [6.45, 7) is 4.87. The summed E-state index contributed by atoms with van der Waals surface area (Å²) in [4.78, 5) is 27.3. The molecule has 80 heavy (non-hydrogen) atoms. The van der Waals surface area contributed by atoms with Gasteiger partial charge in [0.1, 0.15) is 46.8 Å². The summed E-state index contributed by atoms with van der Waals surface area (Å²) in [5, 5.41) is 48.4. The molecule has 4 aliphatic rings. The molecule has 4 aromatic heterocycles. The molecule has 414 valence electrons. The third-order valence-corrected chi connectivity index (χ3v) is 16.9. The van der Waals surface area contributed by atoms with Crippen molar-refractivity contribution in [2.75, 3.05) is 13.7 Å². The molecule has 0 amide bonds. The van der Waals surface area contributed by atoms with Gasteiger partial charge >= 0.3 is 11.9 Å². The summed E-state index contributed by atoms with van der Waals surface area (Å²) in [5.41, 5.74) is 8.01. The van der Waals surface area contributed by atoms with Crippen LogP contribution in [0.25, 0.3) is 33.6 Å². The SMILES string of the molecule is CCn1cc([C@H]2C[C@@H]2c2c(C(=O)O)cnn2-c2cc(OC)cc(-c3cccc(OC(COC(=O)c4cnn(-c5cc(O)cc(-c6cccc(OC(C)C7CCCCC7)c6)c5)c4[C@H]4C[C@@H]4c4cn(C)nn4)C4CCCCC4)c3)c2)nn1. The van der Waals surface area contributed by atoms with E-state index in [1.165, 1.54) is 38.3 Å². The monoisotopic (exact) mass is 1080 g/mol. The van der Waals surface area contributed by atoms with Crippen molar-refractivity contribution in [1.29, 1.82) is 0 Å². The highest BCUT2D eigenvalue weighted by atomic mass is 16.6. The van der Waals surface area contributed by atoms with Crippen LogP contribution >= 0.6 is 0 Å². The second kappa shape index (κ2) is 22.5. The number of esters is 1. The highest BCUT2D eigenvalue weighted by Gasteiger charge is 2.47. The molecule has 4 aliphatic carbocycles. The van der Waals surface area contributed by atoms with E-state index in [2.05, 4.69) is 32.6 Å². The maximum atomic E-state index is 14.7. The van der Waals surface area contributed by atoms with Crippen molar-refractivity contribution in [3.8, 4) is 56.6 Å². The quantitative estimate of drug-likeness (QED) is 0.0681. The summed E-state index contributed by atoms with van der Waals surface area (Å²) < 4.78 is 32.6. The topological polar surface area (TPSA) is 209 Å². The van der Waals surface area contributed by atoms with Crippen molar-refractivity contribution >= 4 is 11.9 Å². The van der Waals surface area contributed by atoms with Gasteiger partial charge in [0.25, 0.3) is 0 Å². The Kier molecular flexibility index (Phi) is 14.7. The van der Waals surface area contributed by atoms with Gasteiger partial charge in [-0.25, -0.2) is 19.0 Å². The van der Waals surface area contributed by atoms with E-state index < -0.39 is 18.0 Å². The molecule has 0 saturated heterocycles. The number of methoxy groups -OCH3 is 1. The van der Waals surface area contributed by atoms with E-state index in [1.807, 2.05) is 99.2 Å². The summed E-state index contributed by atoms with van der Waals surface area (Å²) in [7, 11) is 3.44. The van der Waals surface area contributed by atoms with Gasteiger partial charge in [-0.05, 0) is 135 Å². The van der Waals surface area contributed by atoms with Gasteiger partial charge < -0.3 is 29.2 Å². The average Bonchev–Trinajstić information content (AvgIpc) is 4.32. The number of hydrogen-bond donors (Lipinski definition) is 2. The Hall–Kier alpha value is -8.28. The average molecular weight is 1080 g/mol. The summed E-state index contributed by atoms with van der Waals surface area (Å²) in [6, 6.07) is 27.0. The lowest BCUT2D eigenvalue weighted by atomic mass is 9.85. The fraction of sp³-hybridized carbons (Fsp3) is 0.419. The molecular formula is C62H68N10O8. The third-order valence-electron chi connectivity index (χ3n) is 16.9. The number of hydrogen-bond acceptors (Lipinski definition) is 13. The molecule has 0 radical (unpaired) electrons. The van der Waals surface area contributed by atoms with E-state index in [-0.39, 0.29) is 53.6 Å². The van der Waals surface area contributed by atoms with Crippen molar-refractivity contribution in [3.63, 3.8) is 0 Å². The molecule has 2 unspecified atom stereocenters. The maximum absolute atomic E-state index is 14.7. The van der Waals surface area contributed by atoms with Crippen LogP contribution in [0.4, 0.5) is 0 Å². The minimum atomic E-state index is -1.05. The first-order chi connectivity index (χ1) is 39.0. The number of ether oxygens (including phenoxy) is 4. The van der Waals surface area contributed by atoms with Gasteiger partial charge in [0.2, 0.25) is 0 Å². The number of aromatic hydroxyl groups is 1. The van der Waals surface area contributed by atoms with Gasteiger partial charge in [-0.2, -0.15) is 10.2 Å². The van der Waals surface area contributed by atoms with Gasteiger partial charge in [-0.15, -0.1) is 10.2 Å². The minimum Gasteiger partial charge on any atom is -0.508 e. The highest BCUT2D eigenvalue weighted by Crippen LogP contribution is 2.56. The van der Waals surface area contributed by atoms with Gasteiger partial charge in [0, 0.05) is 61.8 Å². The molecule has 6 atom stereocenters. The Morgan fingerprint density at radius 2 is 1.23 bits per heavy atom. The first kappa shape index (κ1) is 52.4. The Bertz CT molecular complexity index is 3530. The van der Waals surface area contributed by atoms with Gasteiger partial charge in [-0.3, -0.25) is 9.36 Å². The number of phenols is 1. The minimum absolute atomic E-state index is 0.00261. The number of aromatic nitrogens is 10. The van der Waals surface area contributed by atoms with Crippen LogP contribution in [0, 0.1) is 11.8 Å². The van der Waals surface area contributed by atoms with E-state index in [1.54, 1.807) is 44.2 Å². The number of aromatic carboxylic acids is 1. The molecule has 12 rings (SSSR count). The number of aryl methyl sites for hydroxylation is 2. The molecular weight excluding hydrogens is 1010 g/mol. The molecule has 4 heterocycles. The Labute approximate surface area is 464 Å². The van der Waals surface area contributed by atoms with Crippen molar-refractivity contribution in [2.45, 2.75) is 133 Å². The van der Waals surface area contributed by atoms with Crippen LogP contribution in [-0.2, 0) is 18.3 Å². The number of carboxylic acids is 1. The molecule has 0 spiro atoms. The van der Waals surface area contributed by atoms with Crippen LogP contribution in [0.15, 0.2) is 110 Å². The normalized spacial score (nSPS) is 20.0.